The molecule has 3 rings (SSSR count). The number of carbonyl (C=O) groups is 1. The molecule has 1 N–H and O–H groups in total. The SMILES string of the molecule is C[C@@H](NC(=O)[C@]1(F)CCc2ccccc21)c1ccccc1. The maximum Gasteiger partial charge on any atom is 0.262 e. The molecule has 0 bridgehead atoms. The molecule has 0 unspecified atom stereocenters. The smallest absolute Gasteiger partial charge is 0.262 e. The number of amides is 1. The molecular weight excluding hydrogens is 265 g/mol. The van der Waals surface area contributed by atoms with Gasteiger partial charge in [0.25, 0.3) is 5.91 Å². The van der Waals surface area contributed by atoms with Crippen molar-refractivity contribution in [1.82, 2.24) is 5.32 Å². The van der Waals surface area contributed by atoms with Gasteiger partial charge in [0.1, 0.15) is 0 Å². The highest BCUT2D eigenvalue weighted by molar-refractivity contribution is 5.88. The lowest BCUT2D eigenvalue weighted by Gasteiger charge is -2.23. The van der Waals surface area contributed by atoms with Gasteiger partial charge >= 0.3 is 0 Å². The minimum Gasteiger partial charge on any atom is -0.346 e. The second-order valence-electron chi connectivity index (χ2n) is 5.56. The van der Waals surface area contributed by atoms with E-state index < -0.39 is 11.6 Å². The lowest BCUT2D eigenvalue weighted by Crippen LogP contribution is -2.41. The number of nitrogens with one attached hydrogen (secondary N) is 1. The fourth-order valence-electron chi connectivity index (χ4n) is 2.94. The van der Waals surface area contributed by atoms with Crippen molar-refractivity contribution in [3.63, 3.8) is 0 Å². The Morgan fingerprint density at radius 3 is 2.57 bits per heavy atom. The van der Waals surface area contributed by atoms with Crippen LogP contribution in [0.3, 0.4) is 0 Å². The molecular formula is C18H18FNO. The topological polar surface area (TPSA) is 29.1 Å². The number of aryl methyl sites for hydroxylation is 1. The molecule has 0 aromatic heterocycles. The van der Waals surface area contributed by atoms with Crippen molar-refractivity contribution in [2.24, 2.45) is 0 Å². The van der Waals surface area contributed by atoms with Gasteiger partial charge in [-0.2, -0.15) is 0 Å². The van der Waals surface area contributed by atoms with Gasteiger partial charge in [0.05, 0.1) is 6.04 Å². The number of hydrogen-bond donors (Lipinski definition) is 1. The Morgan fingerprint density at radius 2 is 1.81 bits per heavy atom. The monoisotopic (exact) mass is 283 g/mol. The summed E-state index contributed by atoms with van der Waals surface area (Å²) in [4.78, 5) is 12.4. The Kier molecular flexibility index (Phi) is 3.50. The lowest BCUT2D eigenvalue weighted by molar-refractivity contribution is -0.134. The van der Waals surface area contributed by atoms with Crippen LogP contribution in [0.2, 0.25) is 0 Å². The number of alkyl halides is 1. The van der Waals surface area contributed by atoms with Crippen LogP contribution in [-0.2, 0) is 16.9 Å². The minimum atomic E-state index is -1.90. The largest absolute Gasteiger partial charge is 0.346 e. The van der Waals surface area contributed by atoms with Crippen LogP contribution < -0.4 is 5.32 Å². The molecule has 1 aliphatic carbocycles. The predicted molar refractivity (Wildman–Crippen MR) is 80.5 cm³/mol. The van der Waals surface area contributed by atoms with Gasteiger partial charge in [-0.3, -0.25) is 4.79 Å². The molecule has 3 heteroatoms. The van der Waals surface area contributed by atoms with Crippen molar-refractivity contribution in [3.8, 4) is 0 Å². The van der Waals surface area contributed by atoms with Crippen molar-refractivity contribution in [3.05, 3.63) is 71.3 Å². The molecule has 0 saturated carbocycles. The summed E-state index contributed by atoms with van der Waals surface area (Å²) in [6.07, 6.45) is 0.833. The van der Waals surface area contributed by atoms with E-state index in [1.165, 1.54) is 0 Å². The quantitative estimate of drug-likeness (QED) is 0.915. The summed E-state index contributed by atoms with van der Waals surface area (Å²) >= 11 is 0. The zero-order valence-electron chi connectivity index (χ0n) is 12.0. The second kappa shape index (κ2) is 5.32. The van der Waals surface area contributed by atoms with E-state index in [0.717, 1.165) is 11.1 Å². The molecule has 0 radical (unpaired) electrons. The molecule has 0 aliphatic heterocycles. The van der Waals surface area contributed by atoms with Crippen molar-refractivity contribution in [1.29, 1.82) is 0 Å². The second-order valence-corrected chi connectivity index (χ2v) is 5.56. The number of rotatable bonds is 3. The van der Waals surface area contributed by atoms with Crippen molar-refractivity contribution < 1.29 is 9.18 Å². The Balaban J connectivity index is 1.80. The molecule has 108 valence electrons. The van der Waals surface area contributed by atoms with Crippen LogP contribution in [0.4, 0.5) is 4.39 Å². The summed E-state index contributed by atoms with van der Waals surface area (Å²) in [5.74, 6) is -0.538. The van der Waals surface area contributed by atoms with Gasteiger partial charge in [0.15, 0.2) is 0 Å². The third-order valence-electron chi connectivity index (χ3n) is 4.19. The molecule has 0 saturated heterocycles. The molecule has 21 heavy (non-hydrogen) atoms. The molecule has 2 atom stereocenters. The summed E-state index contributed by atoms with van der Waals surface area (Å²) in [5.41, 5.74) is 0.519. The molecule has 0 heterocycles. The first-order valence-electron chi connectivity index (χ1n) is 7.24. The summed E-state index contributed by atoms with van der Waals surface area (Å²) in [6.45, 7) is 1.87. The Labute approximate surface area is 124 Å². The summed E-state index contributed by atoms with van der Waals surface area (Å²) < 4.78 is 15.2. The van der Waals surface area contributed by atoms with Crippen molar-refractivity contribution >= 4 is 5.91 Å². The van der Waals surface area contributed by atoms with Gasteiger partial charge in [-0.1, -0.05) is 54.6 Å². The van der Waals surface area contributed by atoms with Crippen LogP contribution >= 0.6 is 0 Å². The van der Waals surface area contributed by atoms with Crippen molar-refractivity contribution in [2.45, 2.75) is 31.5 Å². The molecule has 2 aromatic rings. The lowest BCUT2D eigenvalue weighted by atomic mass is 9.96. The van der Waals surface area contributed by atoms with Crippen LogP contribution in [0.5, 0.6) is 0 Å². The highest BCUT2D eigenvalue weighted by Gasteiger charge is 2.45. The standard InChI is InChI=1S/C18H18FNO/c1-13(14-7-3-2-4-8-14)20-17(21)18(19)12-11-15-9-5-6-10-16(15)18/h2-10,13H,11-12H2,1H3,(H,20,21)/t13-,18+/m1/s1. The summed E-state index contributed by atoms with van der Waals surface area (Å²) in [5, 5.41) is 2.81. The fraction of sp³-hybridized carbons (Fsp3) is 0.278. The molecule has 2 aromatic carbocycles. The van der Waals surface area contributed by atoms with Gasteiger partial charge in [-0.15, -0.1) is 0 Å². The minimum absolute atomic E-state index is 0.209. The van der Waals surface area contributed by atoms with Crippen LogP contribution in [0.1, 0.15) is 36.1 Å². The first-order chi connectivity index (χ1) is 10.1. The van der Waals surface area contributed by atoms with E-state index in [1.807, 2.05) is 49.4 Å². The number of hydrogen-bond acceptors (Lipinski definition) is 1. The van der Waals surface area contributed by atoms with E-state index in [-0.39, 0.29) is 12.5 Å². The zero-order valence-corrected chi connectivity index (χ0v) is 12.0. The van der Waals surface area contributed by atoms with E-state index >= 15 is 4.39 Å². The van der Waals surface area contributed by atoms with Gasteiger partial charge in [0, 0.05) is 5.56 Å². The Hall–Kier alpha value is -2.16. The van der Waals surface area contributed by atoms with E-state index in [0.29, 0.717) is 12.0 Å². The Morgan fingerprint density at radius 1 is 1.14 bits per heavy atom. The number of benzene rings is 2. The first kappa shape index (κ1) is 13.8. The maximum absolute atomic E-state index is 15.2. The average Bonchev–Trinajstić information content (AvgIpc) is 2.87. The Bertz CT molecular complexity index is 655. The number of fused-ring (bicyclic) bond motifs is 1. The number of carbonyl (C=O) groups excluding carboxylic acids is 1. The maximum atomic E-state index is 15.2. The predicted octanol–water partition coefficient (Wildman–Crippen LogP) is 3.68. The van der Waals surface area contributed by atoms with Gasteiger partial charge < -0.3 is 5.32 Å². The number of halogens is 1. The zero-order chi connectivity index (χ0) is 14.9. The molecule has 1 amide bonds. The molecule has 0 fully saturated rings. The highest BCUT2D eigenvalue weighted by Crippen LogP contribution is 2.40. The third kappa shape index (κ3) is 2.44. The van der Waals surface area contributed by atoms with Crippen LogP contribution in [0.25, 0.3) is 0 Å². The summed E-state index contributed by atoms with van der Waals surface area (Å²) in [6, 6.07) is 16.7. The van der Waals surface area contributed by atoms with Crippen molar-refractivity contribution in [2.75, 3.05) is 0 Å². The van der Waals surface area contributed by atoms with E-state index in [2.05, 4.69) is 5.32 Å². The van der Waals surface area contributed by atoms with Crippen LogP contribution in [0.15, 0.2) is 54.6 Å². The fourth-order valence-corrected chi connectivity index (χ4v) is 2.94. The first-order valence-corrected chi connectivity index (χ1v) is 7.24. The molecule has 1 aliphatic rings. The van der Waals surface area contributed by atoms with E-state index in [1.54, 1.807) is 12.1 Å². The van der Waals surface area contributed by atoms with Crippen LogP contribution in [-0.4, -0.2) is 5.91 Å². The van der Waals surface area contributed by atoms with Gasteiger partial charge in [-0.05, 0) is 30.9 Å². The van der Waals surface area contributed by atoms with Gasteiger partial charge in [0.2, 0.25) is 5.67 Å². The van der Waals surface area contributed by atoms with E-state index in [9.17, 15) is 4.79 Å². The summed E-state index contributed by atoms with van der Waals surface area (Å²) in [7, 11) is 0. The molecule has 2 nitrogen and oxygen atoms in total. The highest BCUT2D eigenvalue weighted by atomic mass is 19.1. The van der Waals surface area contributed by atoms with Gasteiger partial charge in [-0.25, -0.2) is 4.39 Å². The third-order valence-corrected chi connectivity index (χ3v) is 4.19. The normalized spacial score (nSPS) is 21.6. The molecule has 0 spiro atoms. The van der Waals surface area contributed by atoms with E-state index in [4.69, 9.17) is 0 Å². The average molecular weight is 283 g/mol. The van der Waals surface area contributed by atoms with Crippen LogP contribution in [0, 0.1) is 0 Å².